The van der Waals surface area contributed by atoms with Crippen LogP contribution in [0.4, 0.5) is 5.69 Å². The van der Waals surface area contributed by atoms with E-state index < -0.39 is 0 Å². The molecule has 5 nitrogen and oxygen atoms in total. The molecule has 1 N–H and O–H groups in total. The summed E-state index contributed by atoms with van der Waals surface area (Å²) in [7, 11) is 0. The molecule has 0 aliphatic rings. The highest BCUT2D eigenvalue weighted by Crippen LogP contribution is 2.25. The number of benzene rings is 1. The zero-order chi connectivity index (χ0) is 17.3. The van der Waals surface area contributed by atoms with Gasteiger partial charge in [0.05, 0.1) is 22.4 Å². The zero-order valence-electron chi connectivity index (χ0n) is 13.3. The predicted octanol–water partition coefficient (Wildman–Crippen LogP) is 3.76. The van der Waals surface area contributed by atoms with E-state index in [-0.39, 0.29) is 24.4 Å². The van der Waals surface area contributed by atoms with Crippen molar-refractivity contribution in [3.8, 4) is 0 Å². The fraction of sp³-hybridized carbons (Fsp3) is 0.235. The van der Waals surface area contributed by atoms with Gasteiger partial charge in [-0.1, -0.05) is 23.7 Å². The maximum absolute atomic E-state index is 12.6. The Morgan fingerprint density at radius 3 is 2.83 bits per heavy atom. The number of para-hydroxylation sites is 1. The Bertz CT molecular complexity index is 978. The normalized spacial score (nSPS) is 11.0. The van der Waals surface area contributed by atoms with Gasteiger partial charge in [0.1, 0.15) is 4.83 Å². The van der Waals surface area contributed by atoms with Crippen LogP contribution in [-0.2, 0) is 11.3 Å². The van der Waals surface area contributed by atoms with Crippen LogP contribution in [0.15, 0.2) is 35.4 Å². The molecule has 3 rings (SSSR count). The molecule has 0 aliphatic carbocycles. The summed E-state index contributed by atoms with van der Waals surface area (Å²) in [5.74, 6) is -0.201. The van der Waals surface area contributed by atoms with E-state index in [1.165, 1.54) is 22.2 Å². The number of aryl methyl sites for hydroxylation is 3. The van der Waals surface area contributed by atoms with Gasteiger partial charge in [-0.25, -0.2) is 4.98 Å². The van der Waals surface area contributed by atoms with Gasteiger partial charge in [-0.05, 0) is 31.5 Å². The number of rotatable bonds is 4. The number of aromatic nitrogens is 2. The van der Waals surface area contributed by atoms with Crippen LogP contribution in [0.1, 0.15) is 16.9 Å². The number of nitrogens with zero attached hydrogens (tertiary/aromatic N) is 2. The first kappa shape index (κ1) is 16.7. The van der Waals surface area contributed by atoms with Gasteiger partial charge in [0.2, 0.25) is 5.91 Å². The van der Waals surface area contributed by atoms with E-state index in [9.17, 15) is 9.59 Å². The van der Waals surface area contributed by atoms with Crippen molar-refractivity contribution in [2.24, 2.45) is 0 Å². The number of hydrogen-bond acceptors (Lipinski definition) is 4. The second-order valence-corrected chi connectivity index (χ2v) is 7.09. The monoisotopic (exact) mass is 361 g/mol. The smallest absolute Gasteiger partial charge is 0.262 e. The molecule has 124 valence electrons. The molecule has 1 amide bonds. The van der Waals surface area contributed by atoms with Crippen molar-refractivity contribution >= 4 is 44.7 Å². The van der Waals surface area contributed by atoms with Gasteiger partial charge in [0.15, 0.2) is 0 Å². The third kappa shape index (κ3) is 3.20. The van der Waals surface area contributed by atoms with Gasteiger partial charge in [-0.2, -0.15) is 0 Å². The van der Waals surface area contributed by atoms with E-state index in [0.717, 1.165) is 15.3 Å². The summed E-state index contributed by atoms with van der Waals surface area (Å²) in [5, 5.41) is 3.87. The van der Waals surface area contributed by atoms with E-state index in [0.29, 0.717) is 16.1 Å². The lowest BCUT2D eigenvalue weighted by Crippen LogP contribution is -2.23. The van der Waals surface area contributed by atoms with Crippen molar-refractivity contribution in [2.45, 2.75) is 26.8 Å². The highest BCUT2D eigenvalue weighted by atomic mass is 35.5. The first-order valence-electron chi connectivity index (χ1n) is 7.47. The second-order valence-electron chi connectivity index (χ2n) is 5.48. The van der Waals surface area contributed by atoms with E-state index >= 15 is 0 Å². The molecule has 0 radical (unpaired) electrons. The van der Waals surface area contributed by atoms with E-state index in [1.54, 1.807) is 24.3 Å². The molecular formula is C17H16ClN3O2S. The minimum absolute atomic E-state index is 0.104. The van der Waals surface area contributed by atoms with Gasteiger partial charge in [-0.15, -0.1) is 11.3 Å². The fourth-order valence-electron chi connectivity index (χ4n) is 2.43. The largest absolute Gasteiger partial charge is 0.325 e. The third-order valence-corrected chi connectivity index (χ3v) is 5.33. The van der Waals surface area contributed by atoms with E-state index in [2.05, 4.69) is 10.3 Å². The summed E-state index contributed by atoms with van der Waals surface area (Å²) in [5.41, 5.74) is 1.42. The number of anilines is 1. The summed E-state index contributed by atoms with van der Waals surface area (Å²) in [6, 6.07) is 7.04. The topological polar surface area (TPSA) is 64.0 Å². The Morgan fingerprint density at radius 1 is 1.33 bits per heavy atom. The molecule has 24 heavy (non-hydrogen) atoms. The summed E-state index contributed by atoms with van der Waals surface area (Å²) in [6.45, 7) is 4.17. The maximum Gasteiger partial charge on any atom is 0.262 e. The van der Waals surface area contributed by atoms with Crippen molar-refractivity contribution in [1.82, 2.24) is 9.55 Å². The molecule has 7 heteroatoms. The minimum Gasteiger partial charge on any atom is -0.325 e. The minimum atomic E-state index is -0.201. The summed E-state index contributed by atoms with van der Waals surface area (Å²) in [6.07, 6.45) is 1.67. The van der Waals surface area contributed by atoms with Crippen LogP contribution in [0.3, 0.4) is 0 Å². The van der Waals surface area contributed by atoms with Gasteiger partial charge in [0.25, 0.3) is 5.56 Å². The zero-order valence-corrected chi connectivity index (χ0v) is 14.9. The number of carbonyl (C=O) groups is 1. The van der Waals surface area contributed by atoms with Crippen LogP contribution < -0.4 is 10.9 Å². The van der Waals surface area contributed by atoms with Gasteiger partial charge < -0.3 is 5.32 Å². The van der Waals surface area contributed by atoms with Gasteiger partial charge >= 0.3 is 0 Å². The highest BCUT2D eigenvalue weighted by molar-refractivity contribution is 7.18. The molecule has 0 unspecified atom stereocenters. The Hall–Kier alpha value is -2.18. The molecule has 2 aromatic heterocycles. The summed E-state index contributed by atoms with van der Waals surface area (Å²) >= 11 is 7.53. The molecule has 0 spiro atoms. The highest BCUT2D eigenvalue weighted by Gasteiger charge is 2.13. The Balaban J connectivity index is 1.75. The lowest BCUT2D eigenvalue weighted by Gasteiger charge is -2.08. The van der Waals surface area contributed by atoms with Gasteiger partial charge in [-0.3, -0.25) is 14.2 Å². The predicted molar refractivity (Wildman–Crippen MR) is 98.1 cm³/mol. The van der Waals surface area contributed by atoms with Crippen LogP contribution in [0.25, 0.3) is 10.2 Å². The molecule has 0 saturated heterocycles. The van der Waals surface area contributed by atoms with Crippen LogP contribution in [0.2, 0.25) is 5.02 Å². The van der Waals surface area contributed by atoms with Crippen LogP contribution in [0.5, 0.6) is 0 Å². The third-order valence-electron chi connectivity index (χ3n) is 3.88. The molecule has 0 saturated carbocycles. The molecule has 2 heterocycles. The van der Waals surface area contributed by atoms with Crippen molar-refractivity contribution in [1.29, 1.82) is 0 Å². The lowest BCUT2D eigenvalue weighted by atomic mass is 10.2. The lowest BCUT2D eigenvalue weighted by molar-refractivity contribution is -0.116. The number of carbonyl (C=O) groups excluding carboxylic acids is 1. The maximum atomic E-state index is 12.6. The molecular weight excluding hydrogens is 346 g/mol. The number of halogens is 1. The summed E-state index contributed by atoms with van der Waals surface area (Å²) in [4.78, 5) is 30.8. The first-order valence-corrected chi connectivity index (χ1v) is 8.66. The van der Waals surface area contributed by atoms with Crippen molar-refractivity contribution in [3.63, 3.8) is 0 Å². The van der Waals surface area contributed by atoms with E-state index in [1.807, 2.05) is 13.8 Å². The Kier molecular flexibility index (Phi) is 4.69. The molecule has 0 atom stereocenters. The van der Waals surface area contributed by atoms with Gasteiger partial charge in [0, 0.05) is 17.8 Å². The molecule has 0 bridgehead atoms. The Labute approximate surface area is 147 Å². The van der Waals surface area contributed by atoms with Crippen molar-refractivity contribution in [3.05, 3.63) is 56.4 Å². The average Bonchev–Trinajstić information content (AvgIpc) is 2.84. The first-order chi connectivity index (χ1) is 11.5. The molecule has 0 fully saturated rings. The quantitative estimate of drug-likeness (QED) is 0.769. The average molecular weight is 362 g/mol. The van der Waals surface area contributed by atoms with Crippen LogP contribution in [0, 0.1) is 13.8 Å². The molecule has 0 aliphatic heterocycles. The van der Waals surface area contributed by atoms with Crippen LogP contribution >= 0.6 is 22.9 Å². The number of amides is 1. The van der Waals surface area contributed by atoms with Crippen molar-refractivity contribution in [2.75, 3.05) is 5.32 Å². The molecule has 3 aromatic rings. The second kappa shape index (κ2) is 6.75. The van der Waals surface area contributed by atoms with E-state index in [4.69, 9.17) is 11.6 Å². The number of thiophene rings is 1. The standard InChI is InChI=1S/C17H16ClN3O2S/c1-10-11(2)24-16-15(10)17(23)21(9-19-16)8-7-14(22)20-13-6-4-3-5-12(13)18/h3-6,9H,7-8H2,1-2H3,(H,20,22). The number of nitrogens with one attached hydrogen (secondary N) is 1. The SMILES string of the molecule is Cc1sc2ncn(CCC(=O)Nc3ccccc3Cl)c(=O)c2c1C. The number of fused-ring (bicyclic) bond motifs is 1. The van der Waals surface area contributed by atoms with Crippen LogP contribution in [-0.4, -0.2) is 15.5 Å². The molecule has 1 aromatic carbocycles. The Morgan fingerprint density at radius 2 is 2.08 bits per heavy atom. The summed E-state index contributed by atoms with van der Waals surface area (Å²) < 4.78 is 1.48. The van der Waals surface area contributed by atoms with Crippen molar-refractivity contribution < 1.29 is 4.79 Å². The fourth-order valence-corrected chi connectivity index (χ4v) is 3.60. The number of hydrogen-bond donors (Lipinski definition) is 1.